The molecule has 0 atom stereocenters. The molecule has 0 aliphatic carbocycles. The van der Waals surface area contributed by atoms with Crippen LogP contribution < -0.4 is 10.6 Å². The van der Waals surface area contributed by atoms with E-state index in [-0.39, 0.29) is 11.8 Å². The van der Waals surface area contributed by atoms with E-state index >= 15 is 0 Å². The molecule has 0 spiro atoms. The predicted octanol–water partition coefficient (Wildman–Crippen LogP) is 3.03. The normalized spacial score (nSPS) is 10.2. The number of nitrogens with one attached hydrogen (secondary N) is 2. The van der Waals surface area contributed by atoms with Gasteiger partial charge in [-0.05, 0) is 29.9 Å². The van der Waals surface area contributed by atoms with Gasteiger partial charge in [0.2, 0.25) is 11.8 Å². The van der Waals surface area contributed by atoms with E-state index in [0.717, 1.165) is 17.7 Å². The average molecular weight is 356 g/mol. The maximum Gasteiger partial charge on any atom is 0.224 e. The molecule has 0 heterocycles. The van der Waals surface area contributed by atoms with Crippen LogP contribution in [-0.4, -0.2) is 30.7 Å². The summed E-state index contributed by atoms with van der Waals surface area (Å²) in [6, 6.07) is 19.8. The molecule has 0 aromatic heterocycles. The lowest BCUT2D eigenvalue weighted by Crippen LogP contribution is -2.32. The number of rotatable bonds is 10. The standard InChI is InChI=1S/C20H24N2O2S/c23-19(21-13-7-15-25-18-10-5-2-6-11-18)12-14-22-20(24)16-17-8-3-1-4-9-17/h1-6,8-11H,7,12-16H2,(H,21,23)(H,22,24). The smallest absolute Gasteiger partial charge is 0.224 e. The first-order chi connectivity index (χ1) is 12.2. The molecule has 4 nitrogen and oxygen atoms in total. The Kier molecular flexibility index (Phi) is 8.63. The van der Waals surface area contributed by atoms with E-state index in [1.54, 1.807) is 11.8 Å². The molecule has 5 heteroatoms. The summed E-state index contributed by atoms with van der Waals surface area (Å²) < 4.78 is 0. The maximum atomic E-state index is 11.8. The van der Waals surface area contributed by atoms with E-state index in [4.69, 9.17) is 0 Å². The van der Waals surface area contributed by atoms with Crippen LogP contribution in [0.25, 0.3) is 0 Å². The van der Waals surface area contributed by atoms with Gasteiger partial charge >= 0.3 is 0 Å². The van der Waals surface area contributed by atoms with Gasteiger partial charge in [-0.15, -0.1) is 11.8 Å². The van der Waals surface area contributed by atoms with Gasteiger partial charge in [0, 0.05) is 24.4 Å². The third-order valence-corrected chi connectivity index (χ3v) is 4.64. The second-order valence-electron chi connectivity index (χ2n) is 5.63. The van der Waals surface area contributed by atoms with Crippen molar-refractivity contribution in [2.75, 3.05) is 18.8 Å². The Balaban J connectivity index is 1.49. The van der Waals surface area contributed by atoms with Gasteiger partial charge in [0.05, 0.1) is 6.42 Å². The summed E-state index contributed by atoms with van der Waals surface area (Å²) >= 11 is 1.79. The molecule has 0 aliphatic heterocycles. The van der Waals surface area contributed by atoms with Crippen LogP contribution in [-0.2, 0) is 16.0 Å². The average Bonchev–Trinajstić information content (AvgIpc) is 2.63. The summed E-state index contributed by atoms with van der Waals surface area (Å²) in [5, 5.41) is 5.67. The Morgan fingerprint density at radius 3 is 2.16 bits per heavy atom. The molecule has 0 unspecified atom stereocenters. The van der Waals surface area contributed by atoms with Crippen LogP contribution in [0.15, 0.2) is 65.6 Å². The fraction of sp³-hybridized carbons (Fsp3) is 0.300. The Morgan fingerprint density at radius 1 is 0.800 bits per heavy atom. The van der Waals surface area contributed by atoms with Crippen LogP contribution in [0.4, 0.5) is 0 Å². The number of amides is 2. The van der Waals surface area contributed by atoms with Gasteiger partial charge in [0.15, 0.2) is 0 Å². The summed E-state index contributed by atoms with van der Waals surface area (Å²) in [5.41, 5.74) is 0.973. The number of carbonyl (C=O) groups is 2. The van der Waals surface area contributed by atoms with Gasteiger partial charge in [-0.25, -0.2) is 0 Å². The molecule has 0 radical (unpaired) electrons. The molecular formula is C20H24N2O2S. The summed E-state index contributed by atoms with van der Waals surface area (Å²) in [6.07, 6.45) is 1.58. The van der Waals surface area contributed by atoms with Crippen LogP contribution >= 0.6 is 11.8 Å². The molecular weight excluding hydrogens is 332 g/mol. The van der Waals surface area contributed by atoms with Crippen molar-refractivity contribution in [2.24, 2.45) is 0 Å². The Labute approximate surface area is 153 Å². The minimum absolute atomic E-state index is 0.0234. The largest absolute Gasteiger partial charge is 0.356 e. The number of thioether (sulfide) groups is 1. The molecule has 0 fully saturated rings. The second kappa shape index (κ2) is 11.3. The topological polar surface area (TPSA) is 58.2 Å². The number of benzene rings is 2. The van der Waals surface area contributed by atoms with Gasteiger partial charge in [-0.3, -0.25) is 9.59 Å². The summed E-state index contributed by atoms with van der Waals surface area (Å²) in [6.45, 7) is 1.03. The van der Waals surface area contributed by atoms with Crippen molar-refractivity contribution >= 4 is 23.6 Å². The Hall–Kier alpha value is -2.27. The zero-order valence-corrected chi connectivity index (χ0v) is 15.1. The van der Waals surface area contributed by atoms with Crippen molar-refractivity contribution < 1.29 is 9.59 Å². The first-order valence-electron chi connectivity index (χ1n) is 8.49. The van der Waals surface area contributed by atoms with E-state index in [9.17, 15) is 9.59 Å². The molecule has 25 heavy (non-hydrogen) atoms. The van der Waals surface area contributed by atoms with Crippen molar-refractivity contribution in [3.8, 4) is 0 Å². The van der Waals surface area contributed by atoms with Crippen LogP contribution in [0, 0.1) is 0 Å². The molecule has 2 aromatic carbocycles. The quantitative estimate of drug-likeness (QED) is 0.508. The van der Waals surface area contributed by atoms with Gasteiger partial charge in [-0.2, -0.15) is 0 Å². The van der Waals surface area contributed by atoms with Crippen LogP contribution in [0.5, 0.6) is 0 Å². The number of hydrogen-bond acceptors (Lipinski definition) is 3. The lowest BCUT2D eigenvalue weighted by molar-refractivity contribution is -0.122. The van der Waals surface area contributed by atoms with E-state index in [1.807, 2.05) is 48.5 Å². The highest BCUT2D eigenvalue weighted by atomic mass is 32.2. The summed E-state index contributed by atoms with van der Waals surface area (Å²) in [7, 11) is 0. The van der Waals surface area contributed by atoms with Gasteiger partial charge < -0.3 is 10.6 Å². The Morgan fingerprint density at radius 2 is 1.44 bits per heavy atom. The van der Waals surface area contributed by atoms with Crippen molar-refractivity contribution in [3.63, 3.8) is 0 Å². The maximum absolute atomic E-state index is 11.8. The minimum atomic E-state index is -0.0572. The van der Waals surface area contributed by atoms with Crippen molar-refractivity contribution in [3.05, 3.63) is 66.2 Å². The molecule has 0 bridgehead atoms. The lowest BCUT2D eigenvalue weighted by Gasteiger charge is -2.07. The number of carbonyl (C=O) groups excluding carboxylic acids is 2. The van der Waals surface area contributed by atoms with Crippen LogP contribution in [0.3, 0.4) is 0 Å². The highest BCUT2D eigenvalue weighted by Crippen LogP contribution is 2.17. The molecule has 0 saturated heterocycles. The van der Waals surface area contributed by atoms with Crippen LogP contribution in [0.1, 0.15) is 18.4 Å². The molecule has 0 saturated carbocycles. The fourth-order valence-corrected chi connectivity index (χ4v) is 3.13. The van der Waals surface area contributed by atoms with Gasteiger partial charge in [0.25, 0.3) is 0 Å². The SMILES string of the molecule is O=C(CCNC(=O)Cc1ccccc1)NCCCSc1ccccc1. The van der Waals surface area contributed by atoms with Crippen LogP contribution in [0.2, 0.25) is 0 Å². The molecule has 132 valence electrons. The van der Waals surface area contributed by atoms with E-state index in [1.165, 1.54) is 4.90 Å². The van der Waals surface area contributed by atoms with Crippen molar-refractivity contribution in [1.29, 1.82) is 0 Å². The zero-order valence-electron chi connectivity index (χ0n) is 14.2. The van der Waals surface area contributed by atoms with Crippen molar-refractivity contribution in [2.45, 2.75) is 24.2 Å². The van der Waals surface area contributed by atoms with Crippen molar-refractivity contribution in [1.82, 2.24) is 10.6 Å². The third-order valence-electron chi connectivity index (χ3n) is 3.54. The first kappa shape index (κ1) is 19.1. The molecule has 2 rings (SSSR count). The van der Waals surface area contributed by atoms with E-state index < -0.39 is 0 Å². The lowest BCUT2D eigenvalue weighted by atomic mass is 10.1. The third kappa shape index (κ3) is 8.40. The monoisotopic (exact) mass is 356 g/mol. The predicted molar refractivity (Wildman–Crippen MR) is 103 cm³/mol. The molecule has 2 amide bonds. The summed E-state index contributed by atoms with van der Waals surface area (Å²) in [4.78, 5) is 24.8. The first-order valence-corrected chi connectivity index (χ1v) is 9.48. The second-order valence-corrected chi connectivity index (χ2v) is 6.80. The van der Waals surface area contributed by atoms with E-state index in [2.05, 4.69) is 22.8 Å². The van der Waals surface area contributed by atoms with E-state index in [0.29, 0.717) is 25.9 Å². The summed E-state index contributed by atoms with van der Waals surface area (Å²) in [5.74, 6) is 0.890. The highest BCUT2D eigenvalue weighted by Gasteiger charge is 2.05. The number of hydrogen-bond donors (Lipinski definition) is 2. The fourth-order valence-electron chi connectivity index (χ4n) is 2.25. The molecule has 0 aliphatic rings. The zero-order chi connectivity index (χ0) is 17.7. The van der Waals surface area contributed by atoms with Gasteiger partial charge in [0.1, 0.15) is 0 Å². The molecule has 2 aromatic rings. The molecule has 2 N–H and O–H groups in total. The van der Waals surface area contributed by atoms with Gasteiger partial charge in [-0.1, -0.05) is 48.5 Å². The highest BCUT2D eigenvalue weighted by molar-refractivity contribution is 7.99. The Bertz CT molecular complexity index is 647. The minimum Gasteiger partial charge on any atom is -0.356 e.